The van der Waals surface area contributed by atoms with Gasteiger partial charge in [-0.1, -0.05) is 5.16 Å². The number of amidine groups is 1. The number of nitrogens with zero attached hydrogens (tertiary/aromatic N) is 2. The average molecular weight is 274 g/mol. The molecule has 4 N–H and O–H groups in total. The van der Waals surface area contributed by atoms with Crippen LogP contribution in [0.2, 0.25) is 0 Å². The maximum Gasteiger partial charge on any atom is 0.257 e. The third-order valence-corrected chi connectivity index (χ3v) is 2.54. The summed E-state index contributed by atoms with van der Waals surface area (Å²) in [5.74, 6) is -1.30. The molecule has 0 bridgehead atoms. The molecule has 6 nitrogen and oxygen atoms in total. The van der Waals surface area contributed by atoms with Gasteiger partial charge in [-0.05, 0) is 30.3 Å². The standard InChI is InChI=1S/C13H11FN4O2/c14-9-3-4-11(10(6-9)12(15)18-20)17-13(19)8-2-1-5-16-7-8/h1-7,20H,(H2,15,18)(H,17,19). The van der Waals surface area contributed by atoms with E-state index in [-0.39, 0.29) is 17.1 Å². The second-order valence-electron chi connectivity index (χ2n) is 3.87. The molecule has 0 unspecified atom stereocenters. The fourth-order valence-corrected chi connectivity index (χ4v) is 1.58. The molecule has 2 aromatic rings. The van der Waals surface area contributed by atoms with Crippen molar-refractivity contribution in [3.8, 4) is 0 Å². The Morgan fingerprint density at radius 2 is 2.20 bits per heavy atom. The number of benzene rings is 1. The molecule has 0 atom stereocenters. The van der Waals surface area contributed by atoms with Crippen LogP contribution >= 0.6 is 0 Å². The first-order valence-corrected chi connectivity index (χ1v) is 5.60. The summed E-state index contributed by atoms with van der Waals surface area (Å²) in [6, 6.07) is 6.75. The van der Waals surface area contributed by atoms with Gasteiger partial charge in [0.1, 0.15) is 5.82 Å². The zero-order valence-electron chi connectivity index (χ0n) is 10.2. The number of oxime groups is 1. The van der Waals surface area contributed by atoms with Crippen LogP contribution in [0.25, 0.3) is 0 Å². The Balaban J connectivity index is 2.32. The first-order valence-electron chi connectivity index (χ1n) is 5.60. The van der Waals surface area contributed by atoms with Crippen molar-refractivity contribution in [2.24, 2.45) is 10.9 Å². The van der Waals surface area contributed by atoms with E-state index >= 15 is 0 Å². The summed E-state index contributed by atoms with van der Waals surface area (Å²) in [5, 5.41) is 14.0. The van der Waals surface area contributed by atoms with Crippen molar-refractivity contribution >= 4 is 17.4 Å². The number of halogens is 1. The van der Waals surface area contributed by atoms with E-state index in [4.69, 9.17) is 10.9 Å². The first-order chi connectivity index (χ1) is 9.61. The molecule has 1 amide bonds. The summed E-state index contributed by atoms with van der Waals surface area (Å²) in [4.78, 5) is 15.8. The molecule has 2 rings (SSSR count). The third-order valence-electron chi connectivity index (χ3n) is 2.54. The lowest BCUT2D eigenvalue weighted by Crippen LogP contribution is -2.19. The van der Waals surface area contributed by atoms with Crippen LogP contribution in [-0.2, 0) is 0 Å². The fourth-order valence-electron chi connectivity index (χ4n) is 1.58. The maximum atomic E-state index is 13.2. The van der Waals surface area contributed by atoms with Crippen molar-refractivity contribution in [2.75, 3.05) is 5.32 Å². The van der Waals surface area contributed by atoms with Crippen LogP contribution in [-0.4, -0.2) is 21.9 Å². The van der Waals surface area contributed by atoms with Gasteiger partial charge in [-0.15, -0.1) is 0 Å². The number of carbonyl (C=O) groups excluding carboxylic acids is 1. The van der Waals surface area contributed by atoms with Crippen molar-refractivity contribution in [1.82, 2.24) is 4.98 Å². The SMILES string of the molecule is N/C(=N/O)c1cc(F)ccc1NC(=O)c1cccnc1. The topological polar surface area (TPSA) is 101 Å². The molecule has 0 aliphatic heterocycles. The zero-order chi connectivity index (χ0) is 14.5. The summed E-state index contributed by atoms with van der Waals surface area (Å²) >= 11 is 0. The minimum Gasteiger partial charge on any atom is -0.409 e. The largest absolute Gasteiger partial charge is 0.409 e. The van der Waals surface area contributed by atoms with Crippen molar-refractivity contribution in [3.05, 3.63) is 59.7 Å². The minimum atomic E-state index is -0.564. The van der Waals surface area contributed by atoms with Gasteiger partial charge in [0, 0.05) is 18.0 Å². The summed E-state index contributed by atoms with van der Waals surface area (Å²) in [7, 11) is 0. The van der Waals surface area contributed by atoms with E-state index in [1.165, 1.54) is 18.5 Å². The normalized spacial score (nSPS) is 11.2. The van der Waals surface area contributed by atoms with Crippen LogP contribution < -0.4 is 11.1 Å². The number of rotatable bonds is 3. The van der Waals surface area contributed by atoms with Crippen LogP contribution in [0.4, 0.5) is 10.1 Å². The summed E-state index contributed by atoms with van der Waals surface area (Å²) in [6.45, 7) is 0. The van der Waals surface area contributed by atoms with Crippen molar-refractivity contribution in [3.63, 3.8) is 0 Å². The predicted molar refractivity (Wildman–Crippen MR) is 71.1 cm³/mol. The number of hydrogen-bond acceptors (Lipinski definition) is 4. The zero-order valence-corrected chi connectivity index (χ0v) is 10.2. The number of amides is 1. The number of pyridine rings is 1. The van der Waals surface area contributed by atoms with Gasteiger partial charge < -0.3 is 16.3 Å². The highest BCUT2D eigenvalue weighted by atomic mass is 19.1. The molecule has 102 valence electrons. The van der Waals surface area contributed by atoms with Gasteiger partial charge in [-0.25, -0.2) is 4.39 Å². The fraction of sp³-hybridized carbons (Fsp3) is 0. The van der Waals surface area contributed by atoms with Crippen LogP contribution in [0.1, 0.15) is 15.9 Å². The van der Waals surface area contributed by atoms with E-state index in [0.29, 0.717) is 5.56 Å². The number of nitrogens with two attached hydrogens (primary N) is 1. The van der Waals surface area contributed by atoms with Crippen LogP contribution in [0.15, 0.2) is 47.9 Å². The average Bonchev–Trinajstić information content (AvgIpc) is 2.49. The van der Waals surface area contributed by atoms with Crippen LogP contribution in [0.3, 0.4) is 0 Å². The Morgan fingerprint density at radius 3 is 2.85 bits per heavy atom. The van der Waals surface area contributed by atoms with Gasteiger partial charge in [0.25, 0.3) is 5.91 Å². The third kappa shape index (κ3) is 2.89. The van der Waals surface area contributed by atoms with Crippen molar-refractivity contribution < 1.29 is 14.4 Å². The molecule has 0 radical (unpaired) electrons. The van der Waals surface area contributed by atoms with Gasteiger partial charge >= 0.3 is 0 Å². The molecule has 0 saturated heterocycles. The molecule has 1 aromatic carbocycles. The molecule has 1 heterocycles. The highest BCUT2D eigenvalue weighted by molar-refractivity contribution is 6.09. The Hall–Kier alpha value is -2.96. The predicted octanol–water partition coefficient (Wildman–Crippen LogP) is 1.57. The van der Waals surface area contributed by atoms with Crippen molar-refractivity contribution in [1.29, 1.82) is 0 Å². The molecular weight excluding hydrogens is 263 g/mol. The molecule has 0 aliphatic carbocycles. The second kappa shape index (κ2) is 5.79. The smallest absolute Gasteiger partial charge is 0.257 e. The molecule has 0 saturated carbocycles. The number of hydrogen-bond donors (Lipinski definition) is 3. The molecule has 0 spiro atoms. The number of aromatic nitrogens is 1. The van der Waals surface area contributed by atoms with Gasteiger partial charge in [0.15, 0.2) is 5.84 Å². The highest BCUT2D eigenvalue weighted by Gasteiger charge is 2.12. The summed E-state index contributed by atoms with van der Waals surface area (Å²) in [5.41, 5.74) is 6.10. The van der Waals surface area contributed by atoms with E-state index < -0.39 is 11.7 Å². The number of nitrogens with one attached hydrogen (secondary N) is 1. The summed E-state index contributed by atoms with van der Waals surface area (Å²) < 4.78 is 13.2. The summed E-state index contributed by atoms with van der Waals surface area (Å²) in [6.07, 6.45) is 2.93. The maximum absolute atomic E-state index is 13.2. The van der Waals surface area contributed by atoms with Crippen LogP contribution in [0.5, 0.6) is 0 Å². The molecule has 0 aliphatic rings. The Bertz CT molecular complexity index is 659. The van der Waals surface area contributed by atoms with Gasteiger partial charge in [-0.3, -0.25) is 9.78 Å². The monoisotopic (exact) mass is 274 g/mol. The first kappa shape index (κ1) is 13.5. The lowest BCUT2D eigenvalue weighted by atomic mass is 10.1. The quantitative estimate of drug-likeness (QED) is 0.342. The van der Waals surface area contributed by atoms with E-state index in [1.807, 2.05) is 0 Å². The second-order valence-corrected chi connectivity index (χ2v) is 3.87. The number of anilines is 1. The molecule has 7 heteroatoms. The lowest BCUT2D eigenvalue weighted by Gasteiger charge is -2.10. The highest BCUT2D eigenvalue weighted by Crippen LogP contribution is 2.17. The van der Waals surface area contributed by atoms with Gasteiger partial charge in [0.05, 0.1) is 11.3 Å². The minimum absolute atomic E-state index is 0.0877. The molecule has 20 heavy (non-hydrogen) atoms. The van der Waals surface area contributed by atoms with E-state index in [1.54, 1.807) is 12.1 Å². The van der Waals surface area contributed by atoms with Gasteiger partial charge in [0.2, 0.25) is 0 Å². The Morgan fingerprint density at radius 1 is 1.40 bits per heavy atom. The lowest BCUT2D eigenvalue weighted by molar-refractivity contribution is 0.102. The van der Waals surface area contributed by atoms with Gasteiger partial charge in [-0.2, -0.15) is 0 Å². The van der Waals surface area contributed by atoms with E-state index in [9.17, 15) is 9.18 Å². The van der Waals surface area contributed by atoms with E-state index in [2.05, 4.69) is 15.5 Å². The molecular formula is C13H11FN4O2. The Labute approximate surface area is 113 Å². The molecule has 0 fully saturated rings. The van der Waals surface area contributed by atoms with Crippen molar-refractivity contribution in [2.45, 2.75) is 0 Å². The van der Waals surface area contributed by atoms with E-state index in [0.717, 1.165) is 12.1 Å². The number of carbonyl (C=O) groups is 1. The Kier molecular flexibility index (Phi) is 3.90. The molecule has 1 aromatic heterocycles. The van der Waals surface area contributed by atoms with Crippen LogP contribution in [0, 0.1) is 5.82 Å².